The summed E-state index contributed by atoms with van der Waals surface area (Å²) in [5, 5.41) is 13.8. The van der Waals surface area contributed by atoms with Crippen molar-refractivity contribution in [3.05, 3.63) is 33.9 Å². The molecule has 1 aromatic rings. The van der Waals surface area contributed by atoms with Gasteiger partial charge in [-0.15, -0.1) is 0 Å². The number of aryl methyl sites for hydroxylation is 1. The zero-order valence-corrected chi connectivity index (χ0v) is 13.3. The van der Waals surface area contributed by atoms with Gasteiger partial charge in [0.2, 0.25) is 10.0 Å². The maximum absolute atomic E-state index is 11.4. The molecular formula is C13H21N3O4S. The van der Waals surface area contributed by atoms with Crippen LogP contribution < -0.4 is 5.32 Å². The summed E-state index contributed by atoms with van der Waals surface area (Å²) < 4.78 is 24.3. The Kier molecular flexibility index (Phi) is 6.10. The Morgan fingerprint density at radius 3 is 2.52 bits per heavy atom. The van der Waals surface area contributed by atoms with Crippen LogP contribution in [0.25, 0.3) is 0 Å². The molecule has 8 heteroatoms. The minimum Gasteiger partial charge on any atom is -0.385 e. The molecule has 0 saturated carbocycles. The second-order valence-electron chi connectivity index (χ2n) is 4.79. The van der Waals surface area contributed by atoms with Crippen LogP contribution in [0.4, 0.5) is 11.4 Å². The smallest absolute Gasteiger partial charge is 0.269 e. The van der Waals surface area contributed by atoms with Gasteiger partial charge in [-0.05, 0) is 25.0 Å². The highest BCUT2D eigenvalue weighted by molar-refractivity contribution is 7.88. The SMILES string of the molecule is CCN(CCCNc1ccc([N+](=O)[O-])cc1C)S(C)(=O)=O. The number of nitro groups is 1. The van der Waals surface area contributed by atoms with Crippen LogP contribution in [0, 0.1) is 17.0 Å². The van der Waals surface area contributed by atoms with E-state index in [1.165, 1.54) is 22.7 Å². The van der Waals surface area contributed by atoms with Gasteiger partial charge in [-0.1, -0.05) is 6.92 Å². The Hall–Kier alpha value is -1.67. The Bertz CT molecular complexity index is 601. The fraction of sp³-hybridized carbons (Fsp3) is 0.538. The number of anilines is 1. The van der Waals surface area contributed by atoms with E-state index in [-0.39, 0.29) is 5.69 Å². The predicted octanol–water partition coefficient (Wildman–Crippen LogP) is 1.99. The van der Waals surface area contributed by atoms with Gasteiger partial charge in [0.25, 0.3) is 5.69 Å². The maximum Gasteiger partial charge on any atom is 0.269 e. The number of nitrogens with zero attached hydrogens (tertiary/aromatic N) is 2. The summed E-state index contributed by atoms with van der Waals surface area (Å²) in [6.07, 6.45) is 1.86. The predicted molar refractivity (Wildman–Crippen MR) is 83.0 cm³/mol. The third-order valence-corrected chi connectivity index (χ3v) is 4.52. The molecular weight excluding hydrogens is 294 g/mol. The average Bonchev–Trinajstić information content (AvgIpc) is 2.38. The normalized spacial score (nSPS) is 11.6. The molecule has 1 N–H and O–H groups in total. The van der Waals surface area contributed by atoms with Gasteiger partial charge in [0.1, 0.15) is 0 Å². The van der Waals surface area contributed by atoms with Crippen LogP contribution >= 0.6 is 0 Å². The van der Waals surface area contributed by atoms with Crippen molar-refractivity contribution < 1.29 is 13.3 Å². The van der Waals surface area contributed by atoms with Crippen LogP contribution in [0.5, 0.6) is 0 Å². The zero-order chi connectivity index (χ0) is 16.0. The van der Waals surface area contributed by atoms with Crippen molar-refractivity contribution in [2.24, 2.45) is 0 Å². The Balaban J connectivity index is 2.52. The Morgan fingerprint density at radius 2 is 2.05 bits per heavy atom. The van der Waals surface area contributed by atoms with Gasteiger partial charge in [0, 0.05) is 37.5 Å². The highest BCUT2D eigenvalue weighted by Crippen LogP contribution is 2.21. The van der Waals surface area contributed by atoms with E-state index in [9.17, 15) is 18.5 Å². The van der Waals surface area contributed by atoms with Crippen molar-refractivity contribution in [1.82, 2.24) is 4.31 Å². The standard InChI is InChI=1S/C13H21N3O4S/c1-4-15(21(3,19)20)9-5-8-14-13-7-6-12(16(17)18)10-11(13)2/h6-7,10,14H,4-5,8-9H2,1-3H3. The van der Waals surface area contributed by atoms with Crippen molar-refractivity contribution in [3.8, 4) is 0 Å². The summed E-state index contributed by atoms with van der Waals surface area (Å²) in [6.45, 7) is 5.10. The first-order valence-electron chi connectivity index (χ1n) is 6.69. The average molecular weight is 315 g/mol. The molecule has 7 nitrogen and oxygen atoms in total. The molecule has 0 aliphatic heterocycles. The third-order valence-electron chi connectivity index (χ3n) is 3.14. The molecule has 0 spiro atoms. The van der Waals surface area contributed by atoms with Crippen LogP contribution in [0.2, 0.25) is 0 Å². The highest BCUT2D eigenvalue weighted by Gasteiger charge is 2.13. The zero-order valence-electron chi connectivity index (χ0n) is 12.5. The van der Waals surface area contributed by atoms with Crippen molar-refractivity contribution >= 4 is 21.4 Å². The van der Waals surface area contributed by atoms with E-state index in [4.69, 9.17) is 0 Å². The maximum atomic E-state index is 11.4. The summed E-state index contributed by atoms with van der Waals surface area (Å²) in [4.78, 5) is 10.2. The number of hydrogen-bond acceptors (Lipinski definition) is 5. The molecule has 0 aliphatic carbocycles. The molecule has 0 unspecified atom stereocenters. The van der Waals surface area contributed by atoms with Gasteiger partial charge in [0.05, 0.1) is 11.2 Å². The van der Waals surface area contributed by atoms with Crippen LogP contribution in [-0.2, 0) is 10.0 Å². The summed E-state index contributed by atoms with van der Waals surface area (Å²) >= 11 is 0. The molecule has 118 valence electrons. The molecule has 0 aromatic heterocycles. The van der Waals surface area contributed by atoms with Gasteiger partial charge in [0.15, 0.2) is 0 Å². The van der Waals surface area contributed by atoms with Crippen LogP contribution in [0.15, 0.2) is 18.2 Å². The minimum absolute atomic E-state index is 0.0623. The van der Waals surface area contributed by atoms with Gasteiger partial charge in [-0.3, -0.25) is 10.1 Å². The summed E-state index contributed by atoms with van der Waals surface area (Å²) in [5.74, 6) is 0. The molecule has 1 rings (SSSR count). The summed E-state index contributed by atoms with van der Waals surface area (Å²) in [6, 6.07) is 4.63. The first-order chi connectivity index (χ1) is 9.75. The number of nitrogens with one attached hydrogen (secondary N) is 1. The molecule has 0 atom stereocenters. The number of nitro benzene ring substituents is 1. The third kappa shape index (κ3) is 5.31. The van der Waals surface area contributed by atoms with Crippen molar-refractivity contribution in [2.75, 3.05) is 31.2 Å². The first-order valence-corrected chi connectivity index (χ1v) is 8.54. The van der Waals surface area contributed by atoms with E-state index in [1.54, 1.807) is 19.9 Å². The second-order valence-corrected chi connectivity index (χ2v) is 6.77. The van der Waals surface area contributed by atoms with E-state index in [1.807, 2.05) is 0 Å². The molecule has 0 fully saturated rings. The number of hydrogen-bond donors (Lipinski definition) is 1. The molecule has 0 heterocycles. The highest BCUT2D eigenvalue weighted by atomic mass is 32.2. The molecule has 0 radical (unpaired) electrons. The van der Waals surface area contributed by atoms with Gasteiger partial charge < -0.3 is 5.32 Å². The van der Waals surface area contributed by atoms with Crippen molar-refractivity contribution in [3.63, 3.8) is 0 Å². The lowest BCUT2D eigenvalue weighted by molar-refractivity contribution is -0.384. The fourth-order valence-electron chi connectivity index (χ4n) is 2.00. The quantitative estimate of drug-likeness (QED) is 0.450. The summed E-state index contributed by atoms with van der Waals surface area (Å²) in [5.41, 5.74) is 1.68. The number of benzene rings is 1. The van der Waals surface area contributed by atoms with Crippen molar-refractivity contribution in [2.45, 2.75) is 20.3 Å². The van der Waals surface area contributed by atoms with Gasteiger partial charge in [-0.2, -0.15) is 0 Å². The number of rotatable bonds is 8. The Labute approximate surface area is 125 Å². The van der Waals surface area contributed by atoms with Gasteiger partial charge >= 0.3 is 0 Å². The number of non-ortho nitro benzene ring substituents is 1. The lowest BCUT2D eigenvalue weighted by Crippen LogP contribution is -2.31. The molecule has 0 bridgehead atoms. The first kappa shape index (κ1) is 17.4. The minimum atomic E-state index is -3.15. The molecule has 0 amide bonds. The van der Waals surface area contributed by atoms with E-state index in [2.05, 4.69) is 5.32 Å². The molecule has 1 aromatic carbocycles. The molecule has 0 saturated heterocycles. The fourth-order valence-corrected chi connectivity index (χ4v) is 2.93. The number of sulfonamides is 1. The van der Waals surface area contributed by atoms with E-state index in [0.717, 1.165) is 11.3 Å². The largest absolute Gasteiger partial charge is 0.385 e. The Morgan fingerprint density at radius 1 is 1.38 bits per heavy atom. The van der Waals surface area contributed by atoms with Crippen molar-refractivity contribution in [1.29, 1.82) is 0 Å². The van der Waals surface area contributed by atoms with E-state index in [0.29, 0.717) is 26.1 Å². The van der Waals surface area contributed by atoms with E-state index >= 15 is 0 Å². The second kappa shape index (κ2) is 7.37. The molecule has 21 heavy (non-hydrogen) atoms. The topological polar surface area (TPSA) is 92.5 Å². The van der Waals surface area contributed by atoms with Crippen LogP contribution in [-0.4, -0.2) is 43.5 Å². The van der Waals surface area contributed by atoms with Crippen LogP contribution in [0.3, 0.4) is 0 Å². The summed E-state index contributed by atoms with van der Waals surface area (Å²) in [7, 11) is -3.15. The lowest BCUT2D eigenvalue weighted by Gasteiger charge is -2.18. The lowest BCUT2D eigenvalue weighted by atomic mass is 10.2. The molecule has 0 aliphatic rings. The van der Waals surface area contributed by atoms with E-state index < -0.39 is 14.9 Å². The van der Waals surface area contributed by atoms with Gasteiger partial charge in [-0.25, -0.2) is 12.7 Å². The van der Waals surface area contributed by atoms with Crippen LogP contribution in [0.1, 0.15) is 18.9 Å². The monoisotopic (exact) mass is 315 g/mol.